The summed E-state index contributed by atoms with van der Waals surface area (Å²) in [5.74, 6) is 0.116. The molecule has 0 bridgehead atoms. The predicted molar refractivity (Wildman–Crippen MR) is 111 cm³/mol. The van der Waals surface area contributed by atoms with Gasteiger partial charge in [-0.2, -0.15) is 0 Å². The molecule has 10 heteroatoms. The minimum absolute atomic E-state index is 0.0602. The summed E-state index contributed by atoms with van der Waals surface area (Å²) in [4.78, 5) is 22.9. The SMILES string of the molecule is COc1cc(C=CC(=O)c2ccc(S(=O)(=O)NCCC(=O)O)cc2)cc2c1OCCO2. The quantitative estimate of drug-likeness (QED) is 0.442. The highest BCUT2D eigenvalue weighted by Crippen LogP contribution is 2.40. The standard InChI is InChI=1S/C21H21NO8S/c1-28-18-12-14(13-19-21(18)30-11-10-29-19)2-7-17(23)15-3-5-16(6-4-15)31(26,27)22-9-8-20(24)25/h2-7,12-13,22H,8-11H2,1H3,(H,24,25). The van der Waals surface area contributed by atoms with Gasteiger partial charge in [0.25, 0.3) is 0 Å². The van der Waals surface area contributed by atoms with E-state index >= 15 is 0 Å². The topological polar surface area (TPSA) is 128 Å². The number of aliphatic carboxylic acids is 1. The molecule has 0 aromatic heterocycles. The molecule has 1 aliphatic rings. The van der Waals surface area contributed by atoms with Crippen molar-refractivity contribution in [3.63, 3.8) is 0 Å². The number of allylic oxidation sites excluding steroid dienone is 1. The van der Waals surface area contributed by atoms with Crippen LogP contribution >= 0.6 is 0 Å². The van der Waals surface area contributed by atoms with Crippen molar-refractivity contribution in [2.45, 2.75) is 11.3 Å². The van der Waals surface area contributed by atoms with E-state index in [1.54, 1.807) is 18.2 Å². The summed E-state index contributed by atoms with van der Waals surface area (Å²) in [6.45, 7) is 0.626. The van der Waals surface area contributed by atoms with E-state index in [4.69, 9.17) is 19.3 Å². The Bertz CT molecular complexity index is 1090. The van der Waals surface area contributed by atoms with Crippen LogP contribution in [0.5, 0.6) is 17.2 Å². The normalized spacial score (nSPS) is 13.2. The Morgan fingerprint density at radius 2 is 1.87 bits per heavy atom. The fourth-order valence-electron chi connectivity index (χ4n) is 2.83. The number of nitrogens with one attached hydrogen (secondary N) is 1. The fourth-order valence-corrected chi connectivity index (χ4v) is 3.86. The Morgan fingerprint density at radius 1 is 1.16 bits per heavy atom. The molecule has 0 atom stereocenters. The van der Waals surface area contributed by atoms with Gasteiger partial charge in [0, 0.05) is 12.1 Å². The molecule has 31 heavy (non-hydrogen) atoms. The molecule has 0 fully saturated rings. The number of hydrogen-bond donors (Lipinski definition) is 2. The molecule has 164 valence electrons. The van der Waals surface area contributed by atoms with Crippen LogP contribution in [-0.4, -0.2) is 52.1 Å². The van der Waals surface area contributed by atoms with E-state index in [0.717, 1.165) is 0 Å². The van der Waals surface area contributed by atoms with Crippen LogP contribution in [0.3, 0.4) is 0 Å². The highest BCUT2D eigenvalue weighted by molar-refractivity contribution is 7.89. The number of rotatable bonds is 9. The summed E-state index contributed by atoms with van der Waals surface area (Å²) in [6.07, 6.45) is 2.63. The lowest BCUT2D eigenvalue weighted by atomic mass is 10.1. The van der Waals surface area contributed by atoms with Crippen LogP contribution in [-0.2, 0) is 14.8 Å². The molecule has 3 rings (SSSR count). The number of hydrogen-bond acceptors (Lipinski definition) is 7. The minimum atomic E-state index is -3.85. The summed E-state index contributed by atoms with van der Waals surface area (Å²) in [5.41, 5.74) is 0.974. The largest absolute Gasteiger partial charge is 0.493 e. The maximum atomic E-state index is 12.5. The zero-order valence-electron chi connectivity index (χ0n) is 16.7. The van der Waals surface area contributed by atoms with Crippen molar-refractivity contribution in [1.29, 1.82) is 0 Å². The first kappa shape index (κ1) is 22.3. The molecule has 1 aliphatic heterocycles. The van der Waals surface area contributed by atoms with Crippen molar-refractivity contribution in [2.24, 2.45) is 0 Å². The Morgan fingerprint density at radius 3 is 2.55 bits per heavy atom. The van der Waals surface area contributed by atoms with Gasteiger partial charge in [-0.05, 0) is 48.0 Å². The van der Waals surface area contributed by atoms with Gasteiger partial charge in [0.2, 0.25) is 15.8 Å². The average molecular weight is 447 g/mol. The molecule has 0 amide bonds. The van der Waals surface area contributed by atoms with Crippen LogP contribution in [0.15, 0.2) is 47.4 Å². The molecular formula is C21H21NO8S. The Labute approximate surface area is 179 Å². The van der Waals surface area contributed by atoms with E-state index in [1.807, 2.05) is 0 Å². The minimum Gasteiger partial charge on any atom is -0.493 e. The Balaban J connectivity index is 1.71. The van der Waals surface area contributed by atoms with Crippen molar-refractivity contribution in [3.05, 3.63) is 53.6 Å². The third-order valence-corrected chi connectivity index (χ3v) is 5.83. The van der Waals surface area contributed by atoms with Crippen molar-refractivity contribution in [1.82, 2.24) is 4.72 Å². The van der Waals surface area contributed by atoms with E-state index in [2.05, 4.69) is 4.72 Å². The zero-order valence-corrected chi connectivity index (χ0v) is 17.5. The zero-order chi connectivity index (χ0) is 22.4. The number of ketones is 1. The molecule has 0 saturated carbocycles. The number of methoxy groups -OCH3 is 1. The Hall–Kier alpha value is -3.37. The van der Waals surface area contributed by atoms with Crippen molar-refractivity contribution >= 4 is 27.9 Å². The predicted octanol–water partition coefficient (Wildman–Crippen LogP) is 2.12. The van der Waals surface area contributed by atoms with E-state index in [-0.39, 0.29) is 23.6 Å². The first-order valence-corrected chi connectivity index (χ1v) is 10.8. The van der Waals surface area contributed by atoms with Crippen LogP contribution in [0.1, 0.15) is 22.3 Å². The van der Waals surface area contributed by atoms with E-state index in [9.17, 15) is 18.0 Å². The van der Waals surface area contributed by atoms with Gasteiger partial charge < -0.3 is 19.3 Å². The van der Waals surface area contributed by atoms with Crippen LogP contribution in [0, 0.1) is 0 Å². The van der Waals surface area contributed by atoms with Crippen molar-refractivity contribution in [3.8, 4) is 17.2 Å². The first-order valence-electron chi connectivity index (χ1n) is 9.32. The molecule has 0 unspecified atom stereocenters. The monoisotopic (exact) mass is 447 g/mol. The lowest BCUT2D eigenvalue weighted by Crippen LogP contribution is -2.26. The van der Waals surface area contributed by atoms with Gasteiger partial charge in [0.1, 0.15) is 13.2 Å². The third kappa shape index (κ3) is 5.62. The fraction of sp³-hybridized carbons (Fsp3) is 0.238. The van der Waals surface area contributed by atoms with Gasteiger partial charge in [0.15, 0.2) is 17.3 Å². The van der Waals surface area contributed by atoms with E-state index < -0.39 is 16.0 Å². The molecule has 9 nitrogen and oxygen atoms in total. The lowest BCUT2D eigenvalue weighted by molar-refractivity contribution is -0.136. The van der Waals surface area contributed by atoms with Gasteiger partial charge in [-0.1, -0.05) is 6.08 Å². The number of carboxylic acid groups (broad SMARTS) is 1. The molecule has 0 aliphatic carbocycles. The Kier molecular flexibility index (Phi) is 6.93. The second-order valence-corrected chi connectivity index (χ2v) is 8.28. The molecule has 2 N–H and O–H groups in total. The molecule has 2 aromatic carbocycles. The van der Waals surface area contributed by atoms with Gasteiger partial charge in [-0.15, -0.1) is 0 Å². The van der Waals surface area contributed by atoms with Crippen LogP contribution < -0.4 is 18.9 Å². The maximum Gasteiger partial charge on any atom is 0.304 e. The molecule has 1 heterocycles. The maximum absolute atomic E-state index is 12.5. The second kappa shape index (κ2) is 9.63. The molecule has 0 radical (unpaired) electrons. The number of sulfonamides is 1. The molecule has 0 saturated heterocycles. The van der Waals surface area contributed by atoms with Gasteiger partial charge in [-0.3, -0.25) is 9.59 Å². The second-order valence-electron chi connectivity index (χ2n) is 6.51. The number of carboxylic acids is 1. The number of carbonyl (C=O) groups excluding carboxylic acids is 1. The smallest absolute Gasteiger partial charge is 0.304 e. The lowest BCUT2D eigenvalue weighted by Gasteiger charge is -2.20. The van der Waals surface area contributed by atoms with Gasteiger partial charge in [0.05, 0.1) is 18.4 Å². The first-order chi connectivity index (χ1) is 14.8. The highest BCUT2D eigenvalue weighted by atomic mass is 32.2. The third-order valence-electron chi connectivity index (χ3n) is 4.36. The summed E-state index contributed by atoms with van der Waals surface area (Å²) in [5, 5.41) is 8.60. The average Bonchev–Trinajstić information content (AvgIpc) is 2.76. The highest BCUT2D eigenvalue weighted by Gasteiger charge is 2.18. The number of fused-ring (bicyclic) bond motifs is 1. The molecular weight excluding hydrogens is 426 g/mol. The van der Waals surface area contributed by atoms with Crippen LogP contribution in [0.25, 0.3) is 6.08 Å². The summed E-state index contributed by atoms with van der Waals surface area (Å²) < 4.78 is 42.9. The summed E-state index contributed by atoms with van der Waals surface area (Å²) in [6, 6.07) is 8.81. The summed E-state index contributed by atoms with van der Waals surface area (Å²) in [7, 11) is -2.34. The van der Waals surface area contributed by atoms with E-state index in [0.29, 0.717) is 41.6 Å². The molecule has 0 spiro atoms. The summed E-state index contributed by atoms with van der Waals surface area (Å²) >= 11 is 0. The van der Waals surface area contributed by atoms with Gasteiger partial charge >= 0.3 is 5.97 Å². The van der Waals surface area contributed by atoms with Gasteiger partial charge in [-0.25, -0.2) is 13.1 Å². The number of ether oxygens (including phenoxy) is 3. The number of benzene rings is 2. The van der Waals surface area contributed by atoms with Crippen LogP contribution in [0.2, 0.25) is 0 Å². The molecule has 2 aromatic rings. The van der Waals surface area contributed by atoms with Crippen molar-refractivity contribution < 1.29 is 37.3 Å². The number of carbonyl (C=O) groups is 2. The van der Waals surface area contributed by atoms with Crippen molar-refractivity contribution in [2.75, 3.05) is 26.9 Å². The van der Waals surface area contributed by atoms with E-state index in [1.165, 1.54) is 37.5 Å². The van der Waals surface area contributed by atoms with Crippen LogP contribution in [0.4, 0.5) is 0 Å².